The lowest BCUT2D eigenvalue weighted by Crippen LogP contribution is -2.42. The number of hydrogen-bond acceptors (Lipinski definition) is 7. The molecule has 1 atom stereocenters. The molecule has 2 fully saturated rings. The average Bonchev–Trinajstić information content (AvgIpc) is 3.08. The second-order valence-corrected chi connectivity index (χ2v) is 8.22. The average molecular weight is 453 g/mol. The maximum atomic E-state index is 13.1. The number of carbonyl (C=O) groups is 2. The summed E-state index contributed by atoms with van der Waals surface area (Å²) < 4.78 is 10.7. The predicted molar refractivity (Wildman–Crippen MR) is 122 cm³/mol. The van der Waals surface area contributed by atoms with Crippen molar-refractivity contribution >= 4 is 17.4 Å². The molecule has 2 N–H and O–H groups in total. The number of phenolic OH excluding ortho intramolecular Hbond substituents is 1. The van der Waals surface area contributed by atoms with E-state index in [4.69, 9.17) is 9.47 Å². The number of methoxy groups -OCH3 is 1. The van der Waals surface area contributed by atoms with E-state index < -0.39 is 17.7 Å². The van der Waals surface area contributed by atoms with Gasteiger partial charge in [0.2, 0.25) is 0 Å². The van der Waals surface area contributed by atoms with Gasteiger partial charge in [-0.25, -0.2) is 0 Å². The standard InChI is InChI=1S/C25H28N2O6/c1-16-15-18(5-8-20(16)32-2)23(29)21-22(17-3-6-19(28)7-4-17)27(25(31)24(21)30)10-9-26-11-13-33-14-12-26/h3-8,15,22,28-29H,9-14H2,1-2H3. The number of carbonyl (C=O) groups excluding carboxylic acids is 2. The van der Waals surface area contributed by atoms with Crippen LogP contribution in [0.25, 0.3) is 5.76 Å². The molecule has 0 radical (unpaired) electrons. The number of aryl methyl sites for hydroxylation is 1. The van der Waals surface area contributed by atoms with E-state index >= 15 is 0 Å². The maximum absolute atomic E-state index is 13.1. The number of ether oxygens (including phenoxy) is 2. The SMILES string of the molecule is COc1ccc(C(O)=C2C(=O)C(=O)N(CCN3CCOCC3)C2c2ccc(O)cc2)cc1C. The Morgan fingerprint density at radius 1 is 1.09 bits per heavy atom. The summed E-state index contributed by atoms with van der Waals surface area (Å²) in [6.07, 6.45) is 0. The van der Waals surface area contributed by atoms with Gasteiger partial charge in [0, 0.05) is 31.7 Å². The van der Waals surface area contributed by atoms with Crippen LogP contribution in [0.3, 0.4) is 0 Å². The Balaban J connectivity index is 1.74. The summed E-state index contributed by atoms with van der Waals surface area (Å²) in [6, 6.07) is 10.7. The molecular formula is C25H28N2O6. The number of benzene rings is 2. The van der Waals surface area contributed by atoms with Crippen LogP contribution < -0.4 is 4.74 Å². The molecule has 1 amide bonds. The van der Waals surface area contributed by atoms with Gasteiger partial charge in [0.15, 0.2) is 0 Å². The number of hydrogen-bond donors (Lipinski definition) is 2. The van der Waals surface area contributed by atoms with Gasteiger partial charge in [-0.2, -0.15) is 0 Å². The van der Waals surface area contributed by atoms with Gasteiger partial charge in [0.25, 0.3) is 11.7 Å². The molecule has 1 unspecified atom stereocenters. The van der Waals surface area contributed by atoms with E-state index in [0.717, 1.165) is 18.7 Å². The van der Waals surface area contributed by atoms with E-state index in [2.05, 4.69) is 4.90 Å². The minimum Gasteiger partial charge on any atom is -0.508 e. The topological polar surface area (TPSA) is 99.5 Å². The van der Waals surface area contributed by atoms with Crippen molar-refractivity contribution in [2.75, 3.05) is 46.5 Å². The first-order chi connectivity index (χ1) is 15.9. The lowest BCUT2D eigenvalue weighted by molar-refractivity contribution is -0.140. The number of phenols is 1. The van der Waals surface area contributed by atoms with Crippen LogP contribution in [0, 0.1) is 6.92 Å². The van der Waals surface area contributed by atoms with Gasteiger partial charge < -0.3 is 24.6 Å². The zero-order valence-corrected chi connectivity index (χ0v) is 18.8. The Kier molecular flexibility index (Phi) is 6.67. The minimum atomic E-state index is -0.756. The third-order valence-corrected chi connectivity index (χ3v) is 6.18. The normalized spacial score (nSPS) is 20.9. The second kappa shape index (κ2) is 9.64. The molecule has 4 rings (SSSR count). The second-order valence-electron chi connectivity index (χ2n) is 8.22. The molecule has 2 aliphatic heterocycles. The highest BCUT2D eigenvalue weighted by molar-refractivity contribution is 6.46. The van der Waals surface area contributed by atoms with E-state index in [0.29, 0.717) is 43.2 Å². The molecule has 0 bridgehead atoms. The highest BCUT2D eigenvalue weighted by atomic mass is 16.5. The van der Waals surface area contributed by atoms with Crippen LogP contribution in [0.5, 0.6) is 11.5 Å². The fourth-order valence-electron chi connectivity index (χ4n) is 4.37. The number of nitrogens with zero attached hydrogens (tertiary/aromatic N) is 2. The van der Waals surface area contributed by atoms with Gasteiger partial charge in [-0.15, -0.1) is 0 Å². The van der Waals surface area contributed by atoms with Crippen molar-refractivity contribution in [1.29, 1.82) is 0 Å². The summed E-state index contributed by atoms with van der Waals surface area (Å²) in [4.78, 5) is 29.9. The van der Waals surface area contributed by atoms with Crippen molar-refractivity contribution in [3.05, 3.63) is 64.7 Å². The lowest BCUT2D eigenvalue weighted by atomic mass is 9.94. The van der Waals surface area contributed by atoms with Crippen molar-refractivity contribution in [3.8, 4) is 11.5 Å². The molecule has 2 aromatic rings. The Morgan fingerprint density at radius 2 is 1.79 bits per heavy atom. The summed E-state index contributed by atoms with van der Waals surface area (Å²) in [6.45, 7) is 5.56. The number of Topliss-reactive ketones (excluding diaryl/α,β-unsaturated/α-hetero) is 1. The Hall–Kier alpha value is -3.36. The third-order valence-electron chi connectivity index (χ3n) is 6.18. The number of amides is 1. The number of morpholine rings is 1. The first-order valence-electron chi connectivity index (χ1n) is 10.9. The molecule has 2 saturated heterocycles. The zero-order chi connectivity index (χ0) is 23.5. The number of aromatic hydroxyl groups is 1. The first-order valence-corrected chi connectivity index (χ1v) is 10.9. The molecule has 0 aromatic heterocycles. The smallest absolute Gasteiger partial charge is 0.295 e. The number of aliphatic hydroxyl groups is 1. The van der Waals surface area contributed by atoms with Crippen LogP contribution in [-0.4, -0.2) is 78.2 Å². The predicted octanol–water partition coefficient (Wildman–Crippen LogP) is 2.46. The van der Waals surface area contributed by atoms with E-state index in [1.54, 1.807) is 37.4 Å². The monoisotopic (exact) mass is 452 g/mol. The molecule has 8 heteroatoms. The first kappa shape index (κ1) is 22.8. The van der Waals surface area contributed by atoms with E-state index in [9.17, 15) is 19.8 Å². The summed E-state index contributed by atoms with van der Waals surface area (Å²) >= 11 is 0. The van der Waals surface area contributed by atoms with Gasteiger partial charge in [-0.05, 0) is 48.4 Å². The summed E-state index contributed by atoms with van der Waals surface area (Å²) in [7, 11) is 1.56. The van der Waals surface area contributed by atoms with Crippen LogP contribution in [0.2, 0.25) is 0 Å². The summed E-state index contributed by atoms with van der Waals surface area (Å²) in [5, 5.41) is 20.9. The highest BCUT2D eigenvalue weighted by Crippen LogP contribution is 2.40. The molecule has 2 heterocycles. The third kappa shape index (κ3) is 4.58. The van der Waals surface area contributed by atoms with E-state index in [1.165, 1.54) is 17.0 Å². The van der Waals surface area contributed by atoms with Gasteiger partial charge in [0.05, 0.1) is 31.9 Å². The van der Waals surface area contributed by atoms with Gasteiger partial charge >= 0.3 is 0 Å². The lowest BCUT2D eigenvalue weighted by Gasteiger charge is -2.31. The Labute approximate surface area is 192 Å². The van der Waals surface area contributed by atoms with Crippen LogP contribution in [0.1, 0.15) is 22.7 Å². The molecule has 2 aromatic carbocycles. The summed E-state index contributed by atoms with van der Waals surface area (Å²) in [5.74, 6) is -0.859. The van der Waals surface area contributed by atoms with Gasteiger partial charge in [-0.3, -0.25) is 14.5 Å². The minimum absolute atomic E-state index is 0.0391. The van der Waals surface area contributed by atoms with Crippen LogP contribution >= 0.6 is 0 Å². The number of rotatable bonds is 6. The van der Waals surface area contributed by atoms with E-state index in [-0.39, 0.29) is 17.1 Å². The van der Waals surface area contributed by atoms with Gasteiger partial charge in [-0.1, -0.05) is 12.1 Å². The molecule has 8 nitrogen and oxygen atoms in total. The zero-order valence-electron chi connectivity index (χ0n) is 18.8. The van der Waals surface area contributed by atoms with Crippen molar-refractivity contribution in [3.63, 3.8) is 0 Å². The fourth-order valence-corrected chi connectivity index (χ4v) is 4.37. The Bertz CT molecular complexity index is 1070. The van der Waals surface area contributed by atoms with Crippen LogP contribution in [0.4, 0.5) is 0 Å². The molecule has 0 saturated carbocycles. The van der Waals surface area contributed by atoms with Gasteiger partial charge in [0.1, 0.15) is 17.3 Å². The van der Waals surface area contributed by atoms with Crippen molar-refractivity contribution in [1.82, 2.24) is 9.80 Å². The largest absolute Gasteiger partial charge is 0.508 e. The number of ketones is 1. The molecule has 0 spiro atoms. The Morgan fingerprint density at radius 3 is 2.42 bits per heavy atom. The molecule has 33 heavy (non-hydrogen) atoms. The van der Waals surface area contributed by atoms with E-state index in [1.807, 2.05) is 6.92 Å². The molecule has 0 aliphatic carbocycles. The molecular weight excluding hydrogens is 424 g/mol. The summed E-state index contributed by atoms with van der Waals surface area (Å²) in [5.41, 5.74) is 1.91. The maximum Gasteiger partial charge on any atom is 0.295 e. The van der Waals surface area contributed by atoms with Crippen molar-refractivity contribution in [2.24, 2.45) is 0 Å². The van der Waals surface area contributed by atoms with Crippen molar-refractivity contribution < 1.29 is 29.3 Å². The quantitative estimate of drug-likeness (QED) is 0.395. The number of likely N-dealkylation sites (tertiary alicyclic amines) is 1. The highest BCUT2D eigenvalue weighted by Gasteiger charge is 2.46. The fraction of sp³-hybridized carbons (Fsp3) is 0.360. The molecule has 2 aliphatic rings. The van der Waals surface area contributed by atoms with Crippen LogP contribution in [-0.2, 0) is 14.3 Å². The van der Waals surface area contributed by atoms with Crippen LogP contribution in [0.15, 0.2) is 48.0 Å². The van der Waals surface area contributed by atoms with Crippen molar-refractivity contribution in [2.45, 2.75) is 13.0 Å². The number of aliphatic hydroxyl groups excluding tert-OH is 1. The molecule has 174 valence electrons.